The zero-order chi connectivity index (χ0) is 20.3. The van der Waals surface area contributed by atoms with Crippen molar-refractivity contribution in [3.8, 4) is 5.75 Å². The summed E-state index contributed by atoms with van der Waals surface area (Å²) in [5, 5.41) is 2.00. The molecule has 0 aliphatic rings. The number of carbonyl (C=O) groups excluding carboxylic acids is 1. The number of hydrogen-bond donors (Lipinski definition) is 0. The Morgan fingerprint density at radius 1 is 1.10 bits per heavy atom. The van der Waals surface area contributed by atoms with Crippen LogP contribution < -0.4 is 9.64 Å². The summed E-state index contributed by atoms with van der Waals surface area (Å²) in [4.78, 5) is 21.1. The first-order chi connectivity index (χ1) is 13.3. The molecular weight excluding hydrogens is 476 g/mol. The first-order valence-corrected chi connectivity index (χ1v) is 10.4. The normalized spacial score (nSPS) is 10.8. The fourth-order valence-electron chi connectivity index (χ4n) is 2.46. The van der Waals surface area contributed by atoms with Crippen LogP contribution in [0.5, 0.6) is 5.75 Å². The Bertz CT molecular complexity index is 997. The van der Waals surface area contributed by atoms with Crippen molar-refractivity contribution in [2.24, 2.45) is 0 Å². The second-order valence-corrected chi connectivity index (χ2v) is 8.56. The van der Waals surface area contributed by atoms with Gasteiger partial charge in [-0.25, -0.2) is 4.98 Å². The van der Waals surface area contributed by atoms with E-state index >= 15 is 0 Å². The highest BCUT2D eigenvalue weighted by molar-refractivity contribution is 7.22. The van der Waals surface area contributed by atoms with Crippen molar-refractivity contribution in [1.29, 1.82) is 0 Å². The SMILES string of the molecule is CN(C)CCN(C(=O)COc1ccc(Cl)cc1Cl)c1nc2c(Cl)cccc2s1.Cl. The lowest BCUT2D eigenvalue weighted by atomic mass is 10.3. The fraction of sp³-hybridized carbons (Fsp3) is 0.263. The van der Waals surface area contributed by atoms with Gasteiger partial charge in [0.25, 0.3) is 5.91 Å². The van der Waals surface area contributed by atoms with Gasteiger partial charge in [0, 0.05) is 18.1 Å². The van der Waals surface area contributed by atoms with Crippen LogP contribution in [0.25, 0.3) is 10.2 Å². The molecule has 29 heavy (non-hydrogen) atoms. The molecule has 1 heterocycles. The van der Waals surface area contributed by atoms with Crippen LogP contribution in [0.2, 0.25) is 15.1 Å². The number of nitrogens with zero attached hydrogens (tertiary/aromatic N) is 3. The number of benzene rings is 2. The van der Waals surface area contributed by atoms with Crippen molar-refractivity contribution >= 4 is 79.8 Å². The molecule has 0 saturated heterocycles. The summed E-state index contributed by atoms with van der Waals surface area (Å²) in [7, 11) is 3.89. The van der Waals surface area contributed by atoms with Crippen LogP contribution in [0.4, 0.5) is 5.13 Å². The van der Waals surface area contributed by atoms with E-state index in [0.717, 1.165) is 4.70 Å². The molecule has 1 aromatic heterocycles. The largest absolute Gasteiger partial charge is 0.482 e. The number of para-hydroxylation sites is 1. The molecule has 0 bridgehead atoms. The van der Waals surface area contributed by atoms with Gasteiger partial charge < -0.3 is 9.64 Å². The molecule has 0 saturated carbocycles. The Labute approximate surface area is 194 Å². The number of likely N-dealkylation sites (N-methyl/N-ethyl adjacent to an activating group) is 1. The standard InChI is InChI=1S/C19H18Cl3N3O2S.ClH/c1-24(2)8-9-25(19-23-18-13(21)4-3-5-16(18)28-19)17(26)11-27-15-7-6-12(20)10-14(15)22;/h3-7,10H,8-9,11H2,1-2H3;1H. The molecule has 1 amide bonds. The van der Waals surface area contributed by atoms with Gasteiger partial charge in [-0.2, -0.15) is 0 Å². The van der Waals surface area contributed by atoms with E-state index in [1.807, 2.05) is 31.1 Å². The number of anilines is 1. The van der Waals surface area contributed by atoms with Crippen LogP contribution in [-0.2, 0) is 4.79 Å². The van der Waals surface area contributed by atoms with Gasteiger partial charge in [0.2, 0.25) is 0 Å². The van der Waals surface area contributed by atoms with Gasteiger partial charge in [-0.1, -0.05) is 52.2 Å². The van der Waals surface area contributed by atoms with Gasteiger partial charge in [0.1, 0.15) is 11.3 Å². The molecule has 0 aliphatic carbocycles. The highest BCUT2D eigenvalue weighted by Crippen LogP contribution is 2.33. The van der Waals surface area contributed by atoms with E-state index in [1.54, 1.807) is 29.2 Å². The minimum Gasteiger partial charge on any atom is -0.482 e. The molecule has 156 valence electrons. The average Bonchev–Trinajstić information content (AvgIpc) is 3.06. The Hall–Kier alpha value is -1.28. The molecule has 0 radical (unpaired) electrons. The quantitative estimate of drug-likeness (QED) is 0.425. The van der Waals surface area contributed by atoms with Gasteiger partial charge >= 0.3 is 0 Å². The number of amides is 1. The lowest BCUT2D eigenvalue weighted by Crippen LogP contribution is -2.39. The zero-order valence-corrected chi connectivity index (χ0v) is 19.6. The Balaban J connectivity index is 0.00000300. The summed E-state index contributed by atoms with van der Waals surface area (Å²) in [6.45, 7) is 0.983. The molecule has 0 N–H and O–H groups in total. The summed E-state index contributed by atoms with van der Waals surface area (Å²) in [5.74, 6) is 0.183. The summed E-state index contributed by atoms with van der Waals surface area (Å²) >= 11 is 19.7. The highest BCUT2D eigenvalue weighted by atomic mass is 35.5. The van der Waals surface area contributed by atoms with E-state index in [0.29, 0.717) is 44.6 Å². The molecule has 3 aromatic rings. The number of ether oxygens (including phenoxy) is 1. The molecule has 2 aromatic carbocycles. The molecule has 0 spiro atoms. The van der Waals surface area contributed by atoms with E-state index < -0.39 is 0 Å². The Kier molecular flexibility index (Phi) is 8.82. The molecule has 10 heteroatoms. The average molecular weight is 495 g/mol. The molecule has 0 unspecified atom stereocenters. The minimum atomic E-state index is -0.219. The number of aromatic nitrogens is 1. The van der Waals surface area contributed by atoms with Crippen LogP contribution >= 0.6 is 58.5 Å². The highest BCUT2D eigenvalue weighted by Gasteiger charge is 2.21. The third kappa shape index (κ3) is 6.10. The zero-order valence-electron chi connectivity index (χ0n) is 15.7. The van der Waals surface area contributed by atoms with Crippen LogP contribution in [-0.4, -0.2) is 49.6 Å². The monoisotopic (exact) mass is 493 g/mol. The van der Waals surface area contributed by atoms with Crippen LogP contribution in [0.3, 0.4) is 0 Å². The number of hydrogen-bond acceptors (Lipinski definition) is 5. The van der Waals surface area contributed by atoms with Crippen LogP contribution in [0, 0.1) is 0 Å². The van der Waals surface area contributed by atoms with Gasteiger partial charge in [-0.3, -0.25) is 9.69 Å². The third-order valence-corrected chi connectivity index (χ3v) is 5.79. The molecule has 0 fully saturated rings. The maximum atomic E-state index is 12.9. The van der Waals surface area contributed by atoms with E-state index in [4.69, 9.17) is 39.5 Å². The summed E-state index contributed by atoms with van der Waals surface area (Å²) < 4.78 is 6.54. The number of fused-ring (bicyclic) bond motifs is 1. The maximum absolute atomic E-state index is 12.9. The van der Waals surface area contributed by atoms with Crippen molar-refractivity contribution in [2.45, 2.75) is 0 Å². The summed E-state index contributed by atoms with van der Waals surface area (Å²) in [6, 6.07) is 10.4. The smallest absolute Gasteiger partial charge is 0.266 e. The first-order valence-electron chi connectivity index (χ1n) is 8.43. The van der Waals surface area contributed by atoms with E-state index in [1.165, 1.54) is 11.3 Å². The van der Waals surface area contributed by atoms with Crippen LogP contribution in [0.1, 0.15) is 0 Å². The predicted octanol–water partition coefficient (Wildman–Crippen LogP) is 5.65. The minimum absolute atomic E-state index is 0. The van der Waals surface area contributed by atoms with Gasteiger partial charge in [-0.05, 0) is 44.4 Å². The molecule has 5 nitrogen and oxygen atoms in total. The van der Waals surface area contributed by atoms with Gasteiger partial charge in [0.05, 0.1) is 14.7 Å². The number of carbonyl (C=O) groups is 1. The molecule has 0 aliphatic heterocycles. The Morgan fingerprint density at radius 3 is 2.52 bits per heavy atom. The maximum Gasteiger partial charge on any atom is 0.266 e. The fourth-order valence-corrected chi connectivity index (χ4v) is 4.23. The molecular formula is C19H19Cl4N3O2S. The van der Waals surface area contributed by atoms with Crippen molar-refractivity contribution in [3.63, 3.8) is 0 Å². The van der Waals surface area contributed by atoms with Crippen molar-refractivity contribution < 1.29 is 9.53 Å². The predicted molar refractivity (Wildman–Crippen MR) is 125 cm³/mol. The number of thiazole rings is 1. The Morgan fingerprint density at radius 2 is 1.86 bits per heavy atom. The summed E-state index contributed by atoms with van der Waals surface area (Å²) in [6.07, 6.45) is 0. The van der Waals surface area contributed by atoms with E-state index in [2.05, 4.69) is 4.98 Å². The summed E-state index contributed by atoms with van der Waals surface area (Å²) in [5.41, 5.74) is 0.688. The van der Waals surface area contributed by atoms with Crippen molar-refractivity contribution in [1.82, 2.24) is 9.88 Å². The topological polar surface area (TPSA) is 45.7 Å². The number of halogens is 4. The van der Waals surface area contributed by atoms with Gasteiger partial charge in [0.15, 0.2) is 11.7 Å². The molecule has 3 rings (SSSR count). The third-order valence-electron chi connectivity index (χ3n) is 3.91. The van der Waals surface area contributed by atoms with Crippen molar-refractivity contribution in [3.05, 3.63) is 51.5 Å². The van der Waals surface area contributed by atoms with Crippen molar-refractivity contribution in [2.75, 3.05) is 38.7 Å². The first kappa shape index (κ1) is 24.0. The number of rotatable bonds is 7. The lowest BCUT2D eigenvalue weighted by Gasteiger charge is -2.22. The second-order valence-electron chi connectivity index (χ2n) is 6.30. The lowest BCUT2D eigenvalue weighted by molar-refractivity contribution is -0.120. The molecule has 0 atom stereocenters. The van der Waals surface area contributed by atoms with E-state index in [-0.39, 0.29) is 24.9 Å². The van der Waals surface area contributed by atoms with E-state index in [9.17, 15) is 4.79 Å². The van der Waals surface area contributed by atoms with Gasteiger partial charge in [-0.15, -0.1) is 12.4 Å². The second kappa shape index (κ2) is 10.7. The van der Waals surface area contributed by atoms with Crippen LogP contribution in [0.15, 0.2) is 36.4 Å².